The minimum Gasteiger partial charge on any atom is -0.497 e. The highest BCUT2D eigenvalue weighted by Gasteiger charge is 2.22. The molecule has 0 saturated carbocycles. The molecule has 4 aromatic rings. The summed E-state index contributed by atoms with van der Waals surface area (Å²) in [5.74, 6) is 1.64. The Morgan fingerprint density at radius 1 is 1.12 bits per heavy atom. The van der Waals surface area contributed by atoms with Crippen molar-refractivity contribution in [3.63, 3.8) is 0 Å². The summed E-state index contributed by atoms with van der Waals surface area (Å²) in [6, 6.07) is 12.0. The summed E-state index contributed by atoms with van der Waals surface area (Å²) in [6.45, 7) is 9.32. The molecule has 34 heavy (non-hydrogen) atoms. The number of halogens is 1. The second-order valence-corrected chi connectivity index (χ2v) is 10.4. The normalized spacial score (nSPS) is 11.7. The first-order valence-corrected chi connectivity index (χ1v) is 12.6. The van der Waals surface area contributed by atoms with Crippen LogP contribution < -0.4 is 9.47 Å². The molecule has 0 atom stereocenters. The molecule has 0 unspecified atom stereocenters. The predicted octanol–water partition coefficient (Wildman–Crippen LogP) is 6.44. The van der Waals surface area contributed by atoms with Crippen molar-refractivity contribution in [3.8, 4) is 11.5 Å². The fourth-order valence-electron chi connectivity index (χ4n) is 3.73. The zero-order valence-corrected chi connectivity index (χ0v) is 21.9. The van der Waals surface area contributed by atoms with Crippen LogP contribution in [0.3, 0.4) is 0 Å². The fraction of sp³-hybridized carbons (Fsp3) is 0.346. The number of ether oxygens (including phenoxy) is 2. The average Bonchev–Trinajstić information content (AvgIpc) is 3.15. The smallest absolute Gasteiger partial charge is 0.189 e. The van der Waals surface area contributed by atoms with E-state index in [2.05, 4.69) is 25.8 Å². The van der Waals surface area contributed by atoms with Gasteiger partial charge < -0.3 is 9.47 Å². The van der Waals surface area contributed by atoms with E-state index in [1.165, 1.54) is 11.8 Å². The van der Waals surface area contributed by atoms with Crippen molar-refractivity contribution < 1.29 is 9.47 Å². The molecule has 0 amide bonds. The monoisotopic (exact) mass is 496 g/mol. The van der Waals surface area contributed by atoms with E-state index in [0.29, 0.717) is 18.3 Å². The van der Waals surface area contributed by atoms with Crippen LogP contribution in [0.5, 0.6) is 11.5 Å². The third-order valence-corrected chi connectivity index (χ3v) is 6.62. The lowest BCUT2D eigenvalue weighted by Crippen LogP contribution is -2.14. The van der Waals surface area contributed by atoms with Crippen LogP contribution in [-0.2, 0) is 18.6 Å². The number of rotatable bonds is 7. The van der Waals surface area contributed by atoms with Crippen LogP contribution in [0, 0.1) is 6.92 Å². The van der Waals surface area contributed by atoms with Gasteiger partial charge in [0, 0.05) is 16.8 Å². The SMILES string of the molecule is COc1ccc(Cn2nc(COc3cc(C)c(Cl)cc3C(C)(C)C)c3cnc(SC)nc32)cc1. The van der Waals surface area contributed by atoms with Crippen molar-refractivity contribution >= 4 is 34.4 Å². The highest BCUT2D eigenvalue weighted by Crippen LogP contribution is 2.36. The third-order valence-electron chi connectivity index (χ3n) is 5.65. The molecule has 178 valence electrons. The number of hydrogen-bond donors (Lipinski definition) is 0. The first kappa shape index (κ1) is 24.4. The molecule has 8 heteroatoms. The Bertz CT molecular complexity index is 1310. The molecule has 4 rings (SSSR count). The molecular weight excluding hydrogens is 468 g/mol. The molecule has 0 aliphatic carbocycles. The van der Waals surface area contributed by atoms with E-state index in [1.807, 2.05) is 60.5 Å². The molecule has 0 saturated heterocycles. The molecular formula is C26H29ClN4O2S. The van der Waals surface area contributed by atoms with Gasteiger partial charge in [0.05, 0.1) is 19.0 Å². The van der Waals surface area contributed by atoms with Gasteiger partial charge in [0.1, 0.15) is 23.8 Å². The lowest BCUT2D eigenvalue weighted by Gasteiger charge is -2.23. The standard InChI is InChI=1S/C26H29ClN4O2S/c1-16-11-23(20(12-21(16)27)26(2,3)4)33-15-22-19-13-28-25(34-6)29-24(19)31(30-22)14-17-7-9-18(32-5)10-8-17/h7-13H,14-15H2,1-6H3. The van der Waals surface area contributed by atoms with Gasteiger partial charge in [0.2, 0.25) is 0 Å². The average molecular weight is 497 g/mol. The molecule has 0 N–H and O–H groups in total. The minimum absolute atomic E-state index is 0.112. The van der Waals surface area contributed by atoms with E-state index in [9.17, 15) is 0 Å². The van der Waals surface area contributed by atoms with Crippen molar-refractivity contribution in [2.24, 2.45) is 0 Å². The Balaban J connectivity index is 1.69. The van der Waals surface area contributed by atoms with Gasteiger partial charge in [-0.1, -0.05) is 56.3 Å². The number of hydrogen-bond acceptors (Lipinski definition) is 6. The number of aryl methyl sites for hydroxylation is 1. The van der Waals surface area contributed by atoms with Gasteiger partial charge in [-0.05, 0) is 54.0 Å². The van der Waals surface area contributed by atoms with Gasteiger partial charge >= 0.3 is 0 Å². The van der Waals surface area contributed by atoms with E-state index in [4.69, 9.17) is 31.2 Å². The summed E-state index contributed by atoms with van der Waals surface area (Å²) < 4.78 is 13.5. The van der Waals surface area contributed by atoms with Crippen LogP contribution in [0.15, 0.2) is 47.8 Å². The summed E-state index contributed by atoms with van der Waals surface area (Å²) in [5, 5.41) is 7.20. The topological polar surface area (TPSA) is 62.1 Å². The number of aromatic nitrogens is 4. The molecule has 2 aromatic heterocycles. The second kappa shape index (κ2) is 9.84. The van der Waals surface area contributed by atoms with Gasteiger partial charge in [-0.15, -0.1) is 0 Å². The number of thioether (sulfide) groups is 1. The van der Waals surface area contributed by atoms with Gasteiger partial charge in [-0.2, -0.15) is 5.10 Å². The highest BCUT2D eigenvalue weighted by molar-refractivity contribution is 7.98. The van der Waals surface area contributed by atoms with E-state index >= 15 is 0 Å². The van der Waals surface area contributed by atoms with Gasteiger partial charge in [0.25, 0.3) is 0 Å². The lowest BCUT2D eigenvalue weighted by molar-refractivity contribution is 0.292. The molecule has 0 radical (unpaired) electrons. The minimum atomic E-state index is -0.112. The molecule has 0 aliphatic rings. The molecule has 0 spiro atoms. The summed E-state index contributed by atoms with van der Waals surface area (Å²) >= 11 is 7.92. The fourth-order valence-corrected chi connectivity index (χ4v) is 4.23. The highest BCUT2D eigenvalue weighted by atomic mass is 35.5. The molecule has 0 bridgehead atoms. The molecule has 6 nitrogen and oxygen atoms in total. The van der Waals surface area contributed by atoms with E-state index < -0.39 is 0 Å². The van der Waals surface area contributed by atoms with E-state index in [1.54, 1.807) is 7.11 Å². The van der Waals surface area contributed by atoms with Crippen LogP contribution in [0.2, 0.25) is 5.02 Å². The van der Waals surface area contributed by atoms with E-state index in [0.717, 1.165) is 49.9 Å². The number of fused-ring (bicyclic) bond motifs is 1. The second-order valence-electron chi connectivity index (χ2n) is 9.18. The summed E-state index contributed by atoms with van der Waals surface area (Å²) in [6.07, 6.45) is 3.80. The van der Waals surface area contributed by atoms with Crippen molar-refractivity contribution in [2.45, 2.75) is 51.4 Å². The van der Waals surface area contributed by atoms with Crippen LogP contribution in [0.4, 0.5) is 0 Å². The van der Waals surface area contributed by atoms with Crippen LogP contribution in [0.25, 0.3) is 11.0 Å². The van der Waals surface area contributed by atoms with Crippen LogP contribution in [0.1, 0.15) is 43.2 Å². The first-order chi connectivity index (χ1) is 16.2. The van der Waals surface area contributed by atoms with Crippen molar-refractivity contribution in [1.82, 2.24) is 19.7 Å². The third kappa shape index (κ3) is 5.15. The Morgan fingerprint density at radius 2 is 1.85 bits per heavy atom. The number of benzene rings is 2. The first-order valence-electron chi connectivity index (χ1n) is 11.0. The van der Waals surface area contributed by atoms with Crippen LogP contribution in [-0.4, -0.2) is 33.1 Å². The van der Waals surface area contributed by atoms with E-state index in [-0.39, 0.29) is 5.41 Å². The zero-order valence-electron chi connectivity index (χ0n) is 20.3. The predicted molar refractivity (Wildman–Crippen MR) is 138 cm³/mol. The molecule has 0 aliphatic heterocycles. The summed E-state index contributed by atoms with van der Waals surface area (Å²) in [5.41, 5.74) is 4.61. The van der Waals surface area contributed by atoms with Gasteiger partial charge in [0.15, 0.2) is 10.8 Å². The Labute approximate surface area is 209 Å². The number of nitrogens with zero attached hydrogens (tertiary/aromatic N) is 4. The Hall–Kier alpha value is -2.77. The zero-order chi connectivity index (χ0) is 24.5. The van der Waals surface area contributed by atoms with Crippen molar-refractivity contribution in [3.05, 3.63) is 70.0 Å². The number of methoxy groups -OCH3 is 1. The lowest BCUT2D eigenvalue weighted by atomic mass is 9.86. The maximum absolute atomic E-state index is 6.42. The van der Waals surface area contributed by atoms with Gasteiger partial charge in [-0.25, -0.2) is 14.6 Å². The maximum Gasteiger partial charge on any atom is 0.189 e. The summed E-state index contributed by atoms with van der Waals surface area (Å²) in [4.78, 5) is 9.21. The van der Waals surface area contributed by atoms with Gasteiger partial charge in [-0.3, -0.25) is 0 Å². The largest absolute Gasteiger partial charge is 0.497 e. The van der Waals surface area contributed by atoms with Crippen molar-refractivity contribution in [2.75, 3.05) is 13.4 Å². The summed E-state index contributed by atoms with van der Waals surface area (Å²) in [7, 11) is 1.66. The molecule has 0 fully saturated rings. The maximum atomic E-state index is 6.42. The molecule has 2 aromatic carbocycles. The quantitative estimate of drug-likeness (QED) is 0.216. The Kier molecular flexibility index (Phi) is 7.05. The van der Waals surface area contributed by atoms with Crippen LogP contribution >= 0.6 is 23.4 Å². The van der Waals surface area contributed by atoms with Crippen molar-refractivity contribution in [1.29, 1.82) is 0 Å². The Morgan fingerprint density at radius 3 is 2.50 bits per heavy atom. The molecule has 2 heterocycles.